The van der Waals surface area contributed by atoms with Crippen LogP contribution in [0.2, 0.25) is 0 Å². The van der Waals surface area contributed by atoms with E-state index in [0.717, 1.165) is 4.34 Å². The number of hydrogen-bond acceptors (Lipinski definition) is 6. The Morgan fingerprint density at radius 2 is 2.19 bits per heavy atom. The van der Waals surface area contributed by atoms with Gasteiger partial charge in [0.1, 0.15) is 4.34 Å². The number of aromatic nitrogens is 1. The molecule has 0 atom stereocenters. The number of benzene rings is 1. The predicted octanol–water partition coefficient (Wildman–Crippen LogP) is 3.01. The van der Waals surface area contributed by atoms with Crippen LogP contribution < -0.4 is 0 Å². The summed E-state index contributed by atoms with van der Waals surface area (Å²) in [5, 5.41) is 21.3. The van der Waals surface area contributed by atoms with E-state index in [0.29, 0.717) is 23.4 Å². The fourth-order valence-corrected chi connectivity index (χ4v) is 3.63. The summed E-state index contributed by atoms with van der Waals surface area (Å²) in [7, 11) is 0. The molecule has 0 radical (unpaired) electrons. The molecule has 110 valence electrons. The molecule has 0 fully saturated rings. The van der Waals surface area contributed by atoms with Crippen LogP contribution in [0.15, 0.2) is 34.0 Å². The molecule has 1 aromatic carbocycles. The maximum Gasteiger partial charge on any atom is 0.309 e. The third kappa shape index (κ3) is 4.54. The lowest BCUT2D eigenvalue weighted by Crippen LogP contribution is -2.00. The van der Waals surface area contributed by atoms with Gasteiger partial charge in [-0.2, -0.15) is 0 Å². The largest absolute Gasteiger partial charge is 0.481 e. The lowest BCUT2D eigenvalue weighted by Gasteiger charge is -2.01. The van der Waals surface area contributed by atoms with Crippen molar-refractivity contribution in [1.82, 2.24) is 4.98 Å². The summed E-state index contributed by atoms with van der Waals surface area (Å²) in [6.07, 6.45) is 0.483. The molecule has 6 nitrogen and oxygen atoms in total. The van der Waals surface area contributed by atoms with Crippen LogP contribution in [0, 0.1) is 10.1 Å². The smallest absolute Gasteiger partial charge is 0.309 e. The molecule has 0 unspecified atom stereocenters. The Bertz CT molecular complexity index is 657. The molecule has 0 saturated heterocycles. The Labute approximate surface area is 129 Å². The number of carbonyl (C=O) groups is 1. The van der Waals surface area contributed by atoms with E-state index in [4.69, 9.17) is 5.11 Å². The molecule has 2 rings (SSSR count). The Morgan fingerprint density at radius 1 is 1.43 bits per heavy atom. The molecule has 2 aromatic rings. The van der Waals surface area contributed by atoms with E-state index >= 15 is 0 Å². The second kappa shape index (κ2) is 7.19. The number of carboxylic acid groups (broad SMARTS) is 1. The zero-order valence-electron chi connectivity index (χ0n) is 10.9. The fourth-order valence-electron chi connectivity index (χ4n) is 1.74. The van der Waals surface area contributed by atoms with Gasteiger partial charge in [-0.3, -0.25) is 14.9 Å². The first-order valence-corrected chi connectivity index (χ1v) is 7.94. The molecule has 0 bridgehead atoms. The van der Waals surface area contributed by atoms with Gasteiger partial charge in [-0.25, -0.2) is 4.98 Å². The topological polar surface area (TPSA) is 93.3 Å². The van der Waals surface area contributed by atoms with Gasteiger partial charge in [0.05, 0.1) is 17.0 Å². The monoisotopic (exact) mass is 324 g/mol. The minimum Gasteiger partial charge on any atom is -0.481 e. The Hall–Kier alpha value is -1.93. The van der Waals surface area contributed by atoms with Crippen LogP contribution in [0.1, 0.15) is 11.3 Å². The molecule has 0 saturated carbocycles. The number of rotatable bonds is 7. The van der Waals surface area contributed by atoms with Gasteiger partial charge in [-0.05, 0) is 6.42 Å². The van der Waals surface area contributed by atoms with Gasteiger partial charge in [0.25, 0.3) is 5.69 Å². The highest BCUT2D eigenvalue weighted by molar-refractivity contribution is 8.01. The van der Waals surface area contributed by atoms with Gasteiger partial charge >= 0.3 is 5.97 Å². The number of aryl methyl sites for hydroxylation is 1. The van der Waals surface area contributed by atoms with Crippen molar-refractivity contribution in [2.24, 2.45) is 0 Å². The molecule has 21 heavy (non-hydrogen) atoms. The molecule has 0 aliphatic heterocycles. The van der Waals surface area contributed by atoms with Crippen molar-refractivity contribution in [2.75, 3.05) is 5.75 Å². The predicted molar refractivity (Wildman–Crippen MR) is 81.0 cm³/mol. The SMILES string of the molecule is O=C(O)Cc1csc(SCCc2ccccc2[N+](=O)[O-])n1. The highest BCUT2D eigenvalue weighted by Crippen LogP contribution is 2.25. The van der Waals surface area contributed by atoms with Gasteiger partial charge in [0.2, 0.25) is 0 Å². The Balaban J connectivity index is 1.91. The maximum atomic E-state index is 10.9. The lowest BCUT2D eigenvalue weighted by atomic mass is 10.1. The molecule has 0 spiro atoms. The molecular weight excluding hydrogens is 312 g/mol. The molecule has 0 aliphatic carbocycles. The molecule has 1 aromatic heterocycles. The van der Waals surface area contributed by atoms with Crippen LogP contribution in [0.3, 0.4) is 0 Å². The summed E-state index contributed by atoms with van der Waals surface area (Å²) >= 11 is 2.87. The number of para-hydroxylation sites is 1. The van der Waals surface area contributed by atoms with Crippen molar-refractivity contribution < 1.29 is 14.8 Å². The minimum atomic E-state index is -0.906. The first kappa shape index (κ1) is 15.5. The highest BCUT2D eigenvalue weighted by Gasteiger charge is 2.12. The molecule has 0 amide bonds. The van der Waals surface area contributed by atoms with Crippen molar-refractivity contribution in [1.29, 1.82) is 0 Å². The summed E-state index contributed by atoms with van der Waals surface area (Å²) in [6, 6.07) is 6.67. The van der Waals surface area contributed by atoms with Gasteiger partial charge in [0.15, 0.2) is 0 Å². The van der Waals surface area contributed by atoms with Gasteiger partial charge < -0.3 is 5.11 Å². The second-order valence-electron chi connectivity index (χ2n) is 4.16. The van der Waals surface area contributed by atoms with E-state index in [9.17, 15) is 14.9 Å². The zero-order chi connectivity index (χ0) is 15.2. The number of nitrogens with zero attached hydrogens (tertiary/aromatic N) is 2. The Morgan fingerprint density at radius 3 is 2.90 bits per heavy atom. The molecular formula is C13H12N2O4S2. The number of nitro benzene ring substituents is 1. The van der Waals surface area contributed by atoms with Crippen molar-refractivity contribution in [3.63, 3.8) is 0 Å². The zero-order valence-corrected chi connectivity index (χ0v) is 12.5. The van der Waals surface area contributed by atoms with Crippen LogP contribution in [0.5, 0.6) is 0 Å². The quantitative estimate of drug-likeness (QED) is 0.478. The lowest BCUT2D eigenvalue weighted by molar-refractivity contribution is -0.385. The third-order valence-corrected chi connectivity index (χ3v) is 4.72. The molecule has 8 heteroatoms. The van der Waals surface area contributed by atoms with Crippen molar-refractivity contribution in [3.8, 4) is 0 Å². The van der Waals surface area contributed by atoms with Crippen molar-refractivity contribution in [3.05, 3.63) is 51.0 Å². The van der Waals surface area contributed by atoms with Crippen molar-refractivity contribution in [2.45, 2.75) is 17.2 Å². The Kier molecular flexibility index (Phi) is 5.29. The molecule has 1 N–H and O–H groups in total. The standard InChI is InChI=1S/C13H12N2O4S2/c16-12(17)7-10-8-21-13(14-10)20-6-5-9-3-1-2-4-11(9)15(18)19/h1-4,8H,5-7H2,(H,16,17). The van der Waals surface area contributed by atoms with Gasteiger partial charge in [-0.1, -0.05) is 30.0 Å². The average molecular weight is 324 g/mol. The number of hydrogen-bond donors (Lipinski definition) is 1. The van der Waals surface area contributed by atoms with Crippen LogP contribution >= 0.6 is 23.1 Å². The van der Waals surface area contributed by atoms with Crippen LogP contribution in [0.4, 0.5) is 5.69 Å². The number of thioether (sulfide) groups is 1. The normalized spacial score (nSPS) is 10.5. The maximum absolute atomic E-state index is 10.9. The van der Waals surface area contributed by atoms with E-state index in [1.165, 1.54) is 29.2 Å². The van der Waals surface area contributed by atoms with E-state index < -0.39 is 5.97 Å². The fraction of sp³-hybridized carbons (Fsp3) is 0.231. The van der Waals surface area contributed by atoms with Crippen LogP contribution in [-0.4, -0.2) is 26.7 Å². The van der Waals surface area contributed by atoms with Crippen molar-refractivity contribution >= 4 is 34.8 Å². The average Bonchev–Trinajstić information content (AvgIpc) is 2.86. The van der Waals surface area contributed by atoms with E-state index in [1.807, 2.05) is 0 Å². The molecule has 0 aliphatic rings. The summed E-state index contributed by atoms with van der Waals surface area (Å²) in [6.45, 7) is 0. The summed E-state index contributed by atoms with van der Waals surface area (Å²) in [5.74, 6) is -0.248. The number of thiazole rings is 1. The first-order chi connectivity index (χ1) is 10.1. The van der Waals surface area contributed by atoms with Crippen LogP contribution in [0.25, 0.3) is 0 Å². The number of carboxylic acids is 1. The van der Waals surface area contributed by atoms with Crippen LogP contribution in [-0.2, 0) is 17.6 Å². The van der Waals surface area contributed by atoms with Gasteiger partial charge in [0, 0.05) is 22.8 Å². The first-order valence-electron chi connectivity index (χ1n) is 6.07. The number of aliphatic carboxylic acids is 1. The minimum absolute atomic E-state index is 0.0821. The highest BCUT2D eigenvalue weighted by atomic mass is 32.2. The summed E-state index contributed by atoms with van der Waals surface area (Å²) < 4.78 is 0.782. The second-order valence-corrected chi connectivity index (χ2v) is 6.36. The third-order valence-electron chi connectivity index (χ3n) is 2.65. The van der Waals surface area contributed by atoms with E-state index in [-0.39, 0.29) is 17.0 Å². The summed E-state index contributed by atoms with van der Waals surface area (Å²) in [5.41, 5.74) is 1.36. The van der Waals surface area contributed by atoms with Gasteiger partial charge in [-0.15, -0.1) is 11.3 Å². The molecule has 1 heterocycles. The summed E-state index contributed by atoms with van der Waals surface area (Å²) in [4.78, 5) is 25.3. The van der Waals surface area contributed by atoms with E-state index in [1.54, 1.807) is 23.6 Å². The number of nitro groups is 1. The van der Waals surface area contributed by atoms with E-state index in [2.05, 4.69) is 4.98 Å².